The molecule has 108 valence electrons. The van der Waals surface area contributed by atoms with Crippen LogP contribution >= 0.6 is 15.9 Å². The van der Waals surface area contributed by atoms with E-state index in [0.717, 1.165) is 21.2 Å². The van der Waals surface area contributed by atoms with E-state index in [-0.39, 0.29) is 0 Å². The van der Waals surface area contributed by atoms with Gasteiger partial charge in [-0.2, -0.15) is 10.1 Å². The lowest BCUT2D eigenvalue weighted by Crippen LogP contribution is -1.98. The SMILES string of the molecule is Cc1cc(-c2noc(-c3cnn(C)c3N)n2)cc(C)c1Br. The fourth-order valence-corrected chi connectivity index (χ4v) is 2.37. The largest absolute Gasteiger partial charge is 0.383 e. The topological polar surface area (TPSA) is 82.8 Å². The molecule has 7 heteroatoms. The molecule has 0 aliphatic carbocycles. The van der Waals surface area contributed by atoms with E-state index in [1.807, 2.05) is 26.0 Å². The molecular weight excluding hydrogens is 334 g/mol. The first-order valence-corrected chi connectivity index (χ1v) is 7.15. The zero-order chi connectivity index (χ0) is 15.1. The van der Waals surface area contributed by atoms with Crippen molar-refractivity contribution >= 4 is 21.7 Å². The van der Waals surface area contributed by atoms with Crippen molar-refractivity contribution in [2.24, 2.45) is 7.05 Å². The molecule has 0 saturated heterocycles. The molecule has 0 atom stereocenters. The van der Waals surface area contributed by atoms with Crippen LogP contribution in [0, 0.1) is 13.8 Å². The first kappa shape index (κ1) is 13.8. The summed E-state index contributed by atoms with van der Waals surface area (Å²) in [4.78, 5) is 4.41. The number of halogens is 1. The number of benzene rings is 1. The molecule has 0 fully saturated rings. The molecule has 2 heterocycles. The van der Waals surface area contributed by atoms with Gasteiger partial charge in [0.1, 0.15) is 11.4 Å². The summed E-state index contributed by atoms with van der Waals surface area (Å²) in [6.45, 7) is 4.06. The third-order valence-corrected chi connectivity index (χ3v) is 4.59. The summed E-state index contributed by atoms with van der Waals surface area (Å²) in [5, 5.41) is 8.10. The van der Waals surface area contributed by atoms with Crippen LogP contribution in [-0.2, 0) is 7.05 Å². The molecule has 1 aromatic carbocycles. The molecule has 3 rings (SSSR count). The molecule has 21 heavy (non-hydrogen) atoms. The Kier molecular flexibility index (Phi) is 3.29. The van der Waals surface area contributed by atoms with Gasteiger partial charge < -0.3 is 10.3 Å². The first-order valence-electron chi connectivity index (χ1n) is 6.36. The Labute approximate surface area is 130 Å². The van der Waals surface area contributed by atoms with E-state index in [4.69, 9.17) is 10.3 Å². The molecule has 2 aromatic heterocycles. The van der Waals surface area contributed by atoms with Crippen molar-refractivity contribution in [1.82, 2.24) is 19.9 Å². The lowest BCUT2D eigenvalue weighted by Gasteiger charge is -2.04. The molecule has 2 N–H and O–H groups in total. The van der Waals surface area contributed by atoms with Crippen molar-refractivity contribution in [3.63, 3.8) is 0 Å². The highest BCUT2D eigenvalue weighted by molar-refractivity contribution is 9.10. The second-order valence-electron chi connectivity index (χ2n) is 4.91. The minimum absolute atomic E-state index is 0.369. The fourth-order valence-electron chi connectivity index (χ4n) is 2.14. The highest BCUT2D eigenvalue weighted by Crippen LogP contribution is 2.29. The number of hydrogen-bond acceptors (Lipinski definition) is 5. The van der Waals surface area contributed by atoms with Gasteiger partial charge in [-0.1, -0.05) is 21.1 Å². The van der Waals surface area contributed by atoms with Crippen molar-refractivity contribution in [2.75, 3.05) is 5.73 Å². The van der Waals surface area contributed by atoms with Gasteiger partial charge in [0.25, 0.3) is 5.89 Å². The summed E-state index contributed by atoms with van der Waals surface area (Å²) in [5.74, 6) is 1.40. The maximum atomic E-state index is 5.92. The summed E-state index contributed by atoms with van der Waals surface area (Å²) in [5.41, 5.74) is 9.71. The molecule has 0 aliphatic heterocycles. The smallest absolute Gasteiger partial charge is 0.263 e. The number of nitrogens with zero attached hydrogens (tertiary/aromatic N) is 4. The lowest BCUT2D eigenvalue weighted by molar-refractivity contribution is 0.432. The van der Waals surface area contributed by atoms with Crippen LogP contribution < -0.4 is 5.73 Å². The van der Waals surface area contributed by atoms with Crippen LogP contribution in [0.1, 0.15) is 11.1 Å². The zero-order valence-electron chi connectivity index (χ0n) is 11.9. The van der Waals surface area contributed by atoms with E-state index in [1.54, 1.807) is 17.9 Å². The number of hydrogen-bond donors (Lipinski definition) is 1. The van der Waals surface area contributed by atoms with Gasteiger partial charge in [-0.05, 0) is 37.1 Å². The van der Waals surface area contributed by atoms with E-state index in [0.29, 0.717) is 23.1 Å². The van der Waals surface area contributed by atoms with Crippen molar-refractivity contribution in [3.8, 4) is 22.8 Å². The second kappa shape index (κ2) is 5.00. The van der Waals surface area contributed by atoms with Crippen LogP contribution in [-0.4, -0.2) is 19.9 Å². The van der Waals surface area contributed by atoms with E-state index in [9.17, 15) is 0 Å². The van der Waals surface area contributed by atoms with Crippen LogP contribution in [0.2, 0.25) is 0 Å². The lowest BCUT2D eigenvalue weighted by atomic mass is 10.1. The summed E-state index contributed by atoms with van der Waals surface area (Å²) in [7, 11) is 1.76. The van der Waals surface area contributed by atoms with Gasteiger partial charge in [0, 0.05) is 17.1 Å². The highest BCUT2D eigenvalue weighted by Gasteiger charge is 2.16. The normalized spacial score (nSPS) is 11.0. The quantitative estimate of drug-likeness (QED) is 0.769. The number of nitrogen functional groups attached to an aromatic ring is 1. The number of rotatable bonds is 2. The third kappa shape index (κ3) is 2.33. The first-order chi connectivity index (χ1) is 9.97. The summed E-state index contributed by atoms with van der Waals surface area (Å²) >= 11 is 3.55. The number of anilines is 1. The Balaban J connectivity index is 2.05. The number of nitrogens with two attached hydrogens (primary N) is 1. The highest BCUT2D eigenvalue weighted by atomic mass is 79.9. The van der Waals surface area contributed by atoms with Crippen LogP contribution in [0.4, 0.5) is 5.82 Å². The molecule has 0 radical (unpaired) electrons. The Morgan fingerprint density at radius 3 is 2.48 bits per heavy atom. The Morgan fingerprint density at radius 2 is 1.90 bits per heavy atom. The van der Waals surface area contributed by atoms with E-state index < -0.39 is 0 Å². The summed E-state index contributed by atoms with van der Waals surface area (Å²) in [6, 6.07) is 4.02. The van der Waals surface area contributed by atoms with E-state index in [2.05, 4.69) is 31.2 Å². The van der Waals surface area contributed by atoms with Gasteiger partial charge in [-0.3, -0.25) is 4.68 Å². The molecule has 0 spiro atoms. The molecule has 0 amide bonds. The Hall–Kier alpha value is -2.15. The molecule has 3 aromatic rings. The number of aryl methyl sites for hydroxylation is 3. The molecule has 0 unspecified atom stereocenters. The summed E-state index contributed by atoms with van der Waals surface area (Å²) in [6.07, 6.45) is 1.62. The maximum absolute atomic E-state index is 5.92. The average Bonchev–Trinajstić information content (AvgIpc) is 3.04. The Morgan fingerprint density at radius 1 is 1.24 bits per heavy atom. The van der Waals surface area contributed by atoms with Crippen molar-refractivity contribution in [2.45, 2.75) is 13.8 Å². The van der Waals surface area contributed by atoms with Crippen LogP contribution in [0.15, 0.2) is 27.3 Å². The molecular formula is C14H14BrN5O. The third-order valence-electron chi connectivity index (χ3n) is 3.34. The van der Waals surface area contributed by atoms with Crippen molar-refractivity contribution < 1.29 is 4.52 Å². The van der Waals surface area contributed by atoms with Crippen molar-refractivity contribution in [3.05, 3.63) is 33.9 Å². The van der Waals surface area contributed by atoms with Crippen LogP contribution in [0.5, 0.6) is 0 Å². The summed E-state index contributed by atoms with van der Waals surface area (Å²) < 4.78 is 7.96. The minimum atomic E-state index is 0.369. The molecule has 0 saturated carbocycles. The van der Waals surface area contributed by atoms with Gasteiger partial charge in [-0.15, -0.1) is 0 Å². The fraction of sp³-hybridized carbons (Fsp3) is 0.214. The van der Waals surface area contributed by atoms with Crippen molar-refractivity contribution in [1.29, 1.82) is 0 Å². The monoisotopic (exact) mass is 347 g/mol. The number of aromatic nitrogens is 4. The predicted molar refractivity (Wildman–Crippen MR) is 83.5 cm³/mol. The molecule has 6 nitrogen and oxygen atoms in total. The van der Waals surface area contributed by atoms with E-state index >= 15 is 0 Å². The second-order valence-corrected chi connectivity index (χ2v) is 5.71. The van der Waals surface area contributed by atoms with Crippen LogP contribution in [0.3, 0.4) is 0 Å². The van der Waals surface area contributed by atoms with Gasteiger partial charge in [0.2, 0.25) is 5.82 Å². The van der Waals surface area contributed by atoms with Gasteiger partial charge in [-0.25, -0.2) is 0 Å². The van der Waals surface area contributed by atoms with Crippen LogP contribution in [0.25, 0.3) is 22.8 Å². The molecule has 0 bridgehead atoms. The Bertz CT molecular complexity index is 798. The average molecular weight is 348 g/mol. The van der Waals surface area contributed by atoms with Gasteiger partial charge in [0.05, 0.1) is 6.20 Å². The van der Waals surface area contributed by atoms with Gasteiger partial charge in [0.15, 0.2) is 0 Å². The van der Waals surface area contributed by atoms with Gasteiger partial charge >= 0.3 is 0 Å². The maximum Gasteiger partial charge on any atom is 0.263 e. The zero-order valence-corrected chi connectivity index (χ0v) is 13.5. The molecule has 0 aliphatic rings. The predicted octanol–water partition coefficient (Wildman–Crippen LogP) is 3.10. The van der Waals surface area contributed by atoms with E-state index in [1.165, 1.54) is 0 Å². The standard InChI is InChI=1S/C14H14BrN5O/c1-7-4-9(5-8(2)11(7)15)13-18-14(21-19-13)10-6-17-20(3)12(10)16/h4-6H,16H2,1-3H3. The minimum Gasteiger partial charge on any atom is -0.383 e.